The van der Waals surface area contributed by atoms with Crippen LogP contribution in [0.15, 0.2) is 24.3 Å². The maximum absolute atomic E-state index is 10.9. The van der Waals surface area contributed by atoms with Crippen molar-refractivity contribution in [1.29, 1.82) is 0 Å². The Hall–Kier alpha value is -0.860. The minimum Gasteiger partial charge on any atom is -0.387 e. The molecule has 1 aromatic carbocycles. The summed E-state index contributed by atoms with van der Waals surface area (Å²) in [6.45, 7) is 10.2. The molecule has 0 fully saturated rings. The van der Waals surface area contributed by atoms with Crippen molar-refractivity contribution in [3.63, 3.8) is 0 Å². The summed E-state index contributed by atoms with van der Waals surface area (Å²) in [6.07, 6.45) is 4.28. The molecule has 1 aliphatic rings. The Morgan fingerprint density at radius 1 is 1.24 bits per heavy atom. The molecule has 21 heavy (non-hydrogen) atoms. The van der Waals surface area contributed by atoms with Crippen molar-refractivity contribution in [2.45, 2.75) is 77.5 Å². The second kappa shape index (κ2) is 7.42. The van der Waals surface area contributed by atoms with Crippen LogP contribution in [0.4, 0.5) is 0 Å². The molecule has 2 nitrogen and oxygen atoms in total. The number of aliphatic hydroxyl groups is 1. The van der Waals surface area contributed by atoms with Gasteiger partial charge in [0.1, 0.15) is 0 Å². The predicted molar refractivity (Wildman–Crippen MR) is 89.6 cm³/mol. The monoisotopic (exact) mass is 289 g/mol. The van der Waals surface area contributed by atoms with Gasteiger partial charge in [0.05, 0.1) is 6.10 Å². The normalized spacial score (nSPS) is 26.7. The van der Waals surface area contributed by atoms with Gasteiger partial charge in [-0.05, 0) is 49.8 Å². The first-order chi connectivity index (χ1) is 10.1. The maximum atomic E-state index is 10.9. The second-order valence-electron chi connectivity index (χ2n) is 6.63. The molecule has 1 aliphatic carbocycles. The molecule has 0 bridgehead atoms. The highest BCUT2D eigenvalue weighted by molar-refractivity contribution is 5.35. The van der Waals surface area contributed by atoms with E-state index in [4.69, 9.17) is 0 Å². The number of nitrogens with zero attached hydrogens (tertiary/aromatic N) is 1. The molecule has 4 unspecified atom stereocenters. The Kier molecular flexibility index (Phi) is 5.83. The largest absolute Gasteiger partial charge is 0.387 e. The number of rotatable bonds is 6. The first kappa shape index (κ1) is 16.5. The zero-order valence-corrected chi connectivity index (χ0v) is 14.0. The third kappa shape index (κ3) is 3.49. The van der Waals surface area contributed by atoms with Gasteiger partial charge in [-0.15, -0.1) is 0 Å². The minimum absolute atomic E-state index is 0.261. The van der Waals surface area contributed by atoms with Crippen LogP contribution in [-0.2, 0) is 0 Å². The van der Waals surface area contributed by atoms with Crippen LogP contribution in [0, 0.1) is 0 Å². The molecule has 0 spiro atoms. The van der Waals surface area contributed by atoms with Crippen LogP contribution in [0.1, 0.15) is 76.5 Å². The average Bonchev–Trinajstić information content (AvgIpc) is 2.51. The summed E-state index contributed by atoms with van der Waals surface area (Å²) in [5.41, 5.74) is 2.48. The van der Waals surface area contributed by atoms with Crippen molar-refractivity contribution in [2.75, 3.05) is 6.54 Å². The van der Waals surface area contributed by atoms with Crippen molar-refractivity contribution in [3.05, 3.63) is 35.4 Å². The fourth-order valence-electron chi connectivity index (χ4n) is 3.66. The Morgan fingerprint density at radius 2 is 1.90 bits per heavy atom. The standard InChI is InChI=1S/C19H31NO/c1-5-7-12-20(15(4)6-2)18-13-14(3)16-10-8-9-11-17(16)19(18)21/h8-11,14-15,18-19,21H,5-7,12-13H2,1-4H3. The molecule has 0 aromatic heterocycles. The zero-order valence-electron chi connectivity index (χ0n) is 14.0. The van der Waals surface area contributed by atoms with Gasteiger partial charge in [-0.2, -0.15) is 0 Å². The van der Waals surface area contributed by atoms with E-state index in [1.54, 1.807) is 0 Å². The fourth-order valence-corrected chi connectivity index (χ4v) is 3.66. The van der Waals surface area contributed by atoms with Crippen LogP contribution >= 0.6 is 0 Å². The highest BCUT2D eigenvalue weighted by Gasteiger charge is 2.36. The second-order valence-corrected chi connectivity index (χ2v) is 6.63. The predicted octanol–water partition coefficient (Wildman–Crippen LogP) is 4.50. The van der Waals surface area contributed by atoms with Gasteiger partial charge in [0.25, 0.3) is 0 Å². The molecular formula is C19H31NO. The first-order valence-electron chi connectivity index (χ1n) is 8.62. The molecule has 0 amide bonds. The topological polar surface area (TPSA) is 23.5 Å². The molecule has 2 heteroatoms. The van der Waals surface area contributed by atoms with E-state index in [0.717, 1.165) is 24.9 Å². The summed E-state index contributed by atoms with van der Waals surface area (Å²) in [5.74, 6) is 0.530. The van der Waals surface area contributed by atoms with Crippen molar-refractivity contribution in [2.24, 2.45) is 0 Å². The Balaban J connectivity index is 2.26. The lowest BCUT2D eigenvalue weighted by Gasteiger charge is -2.43. The van der Waals surface area contributed by atoms with Gasteiger partial charge < -0.3 is 5.11 Å². The lowest BCUT2D eigenvalue weighted by Crippen LogP contribution is -2.47. The fraction of sp³-hybridized carbons (Fsp3) is 0.684. The molecule has 2 rings (SSSR count). The van der Waals surface area contributed by atoms with E-state index in [-0.39, 0.29) is 12.1 Å². The molecule has 1 aromatic rings. The van der Waals surface area contributed by atoms with E-state index < -0.39 is 0 Å². The van der Waals surface area contributed by atoms with Crippen molar-refractivity contribution >= 4 is 0 Å². The van der Waals surface area contributed by atoms with Crippen molar-refractivity contribution < 1.29 is 5.11 Å². The number of unbranched alkanes of at least 4 members (excludes halogenated alkanes) is 1. The quantitative estimate of drug-likeness (QED) is 0.833. The van der Waals surface area contributed by atoms with E-state index in [0.29, 0.717) is 12.0 Å². The van der Waals surface area contributed by atoms with Gasteiger partial charge in [-0.3, -0.25) is 4.90 Å². The third-order valence-electron chi connectivity index (χ3n) is 5.16. The summed E-state index contributed by atoms with van der Waals surface area (Å²) < 4.78 is 0. The average molecular weight is 289 g/mol. The summed E-state index contributed by atoms with van der Waals surface area (Å²) >= 11 is 0. The van der Waals surface area contributed by atoms with E-state index in [1.165, 1.54) is 18.4 Å². The highest BCUT2D eigenvalue weighted by Crippen LogP contribution is 2.40. The van der Waals surface area contributed by atoms with E-state index in [1.807, 2.05) is 0 Å². The lowest BCUT2D eigenvalue weighted by atomic mass is 9.78. The van der Waals surface area contributed by atoms with E-state index in [9.17, 15) is 5.11 Å². The maximum Gasteiger partial charge on any atom is 0.0948 e. The number of aliphatic hydroxyl groups excluding tert-OH is 1. The van der Waals surface area contributed by atoms with E-state index >= 15 is 0 Å². The van der Waals surface area contributed by atoms with Crippen LogP contribution in [0.5, 0.6) is 0 Å². The van der Waals surface area contributed by atoms with Crippen LogP contribution in [-0.4, -0.2) is 28.6 Å². The first-order valence-corrected chi connectivity index (χ1v) is 8.62. The smallest absolute Gasteiger partial charge is 0.0948 e. The number of fused-ring (bicyclic) bond motifs is 1. The van der Waals surface area contributed by atoms with Crippen LogP contribution in [0.2, 0.25) is 0 Å². The summed E-state index contributed by atoms with van der Waals surface area (Å²) in [6, 6.07) is 9.23. The van der Waals surface area contributed by atoms with Gasteiger partial charge in [0, 0.05) is 12.1 Å². The summed E-state index contributed by atoms with van der Waals surface area (Å²) in [7, 11) is 0. The molecule has 0 aliphatic heterocycles. The van der Waals surface area contributed by atoms with E-state index in [2.05, 4.69) is 56.9 Å². The SMILES string of the molecule is CCCCN(C(C)CC)C1CC(C)c2ccccc2C1O. The van der Waals surface area contributed by atoms with Gasteiger partial charge in [-0.25, -0.2) is 0 Å². The van der Waals surface area contributed by atoms with Gasteiger partial charge in [0.15, 0.2) is 0 Å². The molecule has 0 radical (unpaired) electrons. The lowest BCUT2D eigenvalue weighted by molar-refractivity contribution is 0.00932. The van der Waals surface area contributed by atoms with Crippen LogP contribution in [0.25, 0.3) is 0 Å². The molecule has 0 heterocycles. The molecule has 118 valence electrons. The van der Waals surface area contributed by atoms with Crippen LogP contribution < -0.4 is 0 Å². The molecule has 4 atom stereocenters. The molecular weight excluding hydrogens is 258 g/mol. The Labute approximate surface area is 130 Å². The number of hydrogen-bond acceptors (Lipinski definition) is 2. The van der Waals surface area contributed by atoms with Gasteiger partial charge in [-0.1, -0.05) is 51.5 Å². The van der Waals surface area contributed by atoms with Gasteiger partial charge in [0.2, 0.25) is 0 Å². The zero-order chi connectivity index (χ0) is 15.4. The van der Waals surface area contributed by atoms with Crippen molar-refractivity contribution in [3.8, 4) is 0 Å². The Morgan fingerprint density at radius 3 is 2.52 bits per heavy atom. The highest BCUT2D eigenvalue weighted by atomic mass is 16.3. The molecule has 0 saturated heterocycles. The Bertz CT molecular complexity index is 445. The molecule has 0 saturated carbocycles. The van der Waals surface area contributed by atoms with Gasteiger partial charge >= 0.3 is 0 Å². The number of benzene rings is 1. The van der Waals surface area contributed by atoms with Crippen LogP contribution in [0.3, 0.4) is 0 Å². The number of hydrogen-bond donors (Lipinski definition) is 1. The summed E-state index contributed by atoms with van der Waals surface area (Å²) in [5, 5.41) is 10.9. The third-order valence-corrected chi connectivity index (χ3v) is 5.16. The molecule has 1 N–H and O–H groups in total. The minimum atomic E-state index is -0.344. The van der Waals surface area contributed by atoms with Crippen molar-refractivity contribution in [1.82, 2.24) is 4.90 Å². The summed E-state index contributed by atoms with van der Waals surface area (Å²) in [4.78, 5) is 2.56.